The minimum Gasteiger partial charge on any atom is -0.508 e. The van der Waals surface area contributed by atoms with Crippen molar-refractivity contribution in [2.45, 2.75) is 24.9 Å². The van der Waals surface area contributed by atoms with Crippen LogP contribution in [0.4, 0.5) is 0 Å². The van der Waals surface area contributed by atoms with Gasteiger partial charge in [0.2, 0.25) is 5.91 Å². The summed E-state index contributed by atoms with van der Waals surface area (Å²) in [6.45, 7) is 0. The monoisotopic (exact) mass is 298 g/mol. The summed E-state index contributed by atoms with van der Waals surface area (Å²) < 4.78 is 22.6. The fourth-order valence-electron chi connectivity index (χ4n) is 2.20. The van der Waals surface area contributed by atoms with Crippen molar-refractivity contribution in [3.8, 4) is 5.75 Å². The molecule has 0 spiro atoms. The summed E-state index contributed by atoms with van der Waals surface area (Å²) >= 11 is 0. The Balaban J connectivity index is 1.88. The average Bonchev–Trinajstić information content (AvgIpc) is 2.71. The van der Waals surface area contributed by atoms with Gasteiger partial charge in [-0.3, -0.25) is 4.79 Å². The molecular formula is C13H18N2O4S. The predicted molar refractivity (Wildman–Crippen MR) is 75.0 cm³/mol. The summed E-state index contributed by atoms with van der Waals surface area (Å²) in [6, 6.07) is 5.39. The van der Waals surface area contributed by atoms with Crippen molar-refractivity contribution in [3.63, 3.8) is 0 Å². The summed E-state index contributed by atoms with van der Waals surface area (Å²) in [6.07, 6.45) is 0.783. The zero-order chi connectivity index (χ0) is 14.8. The van der Waals surface area contributed by atoms with Gasteiger partial charge in [0.15, 0.2) is 9.84 Å². The number of benzene rings is 1. The Hall–Kier alpha value is -1.60. The fourth-order valence-corrected chi connectivity index (χ4v) is 3.87. The van der Waals surface area contributed by atoms with Crippen LogP contribution in [0.2, 0.25) is 0 Å². The van der Waals surface area contributed by atoms with Crippen molar-refractivity contribution in [1.82, 2.24) is 5.32 Å². The Morgan fingerprint density at radius 2 is 2.05 bits per heavy atom. The molecule has 0 radical (unpaired) electrons. The number of carbonyl (C=O) groups is 1. The highest BCUT2D eigenvalue weighted by molar-refractivity contribution is 7.91. The minimum absolute atomic E-state index is 0.00926. The largest absolute Gasteiger partial charge is 0.508 e. The number of nitrogens with two attached hydrogens (primary N) is 1. The second kappa shape index (κ2) is 5.80. The van der Waals surface area contributed by atoms with E-state index in [1.807, 2.05) is 0 Å². The average molecular weight is 298 g/mol. The lowest BCUT2D eigenvalue weighted by atomic mass is 10.1. The molecule has 0 aliphatic carbocycles. The summed E-state index contributed by atoms with van der Waals surface area (Å²) in [5.74, 6) is -0.0846. The molecule has 1 unspecified atom stereocenters. The molecule has 6 nitrogen and oxygen atoms in total. The molecule has 2 atom stereocenters. The van der Waals surface area contributed by atoms with Crippen molar-refractivity contribution < 1.29 is 18.3 Å². The first kappa shape index (κ1) is 14.8. The Morgan fingerprint density at radius 3 is 2.60 bits per heavy atom. The smallest absolute Gasteiger partial charge is 0.237 e. The normalized spacial score (nSPS) is 22.4. The molecule has 4 N–H and O–H groups in total. The molecule has 110 valence electrons. The van der Waals surface area contributed by atoms with Crippen LogP contribution in [0.1, 0.15) is 12.0 Å². The molecule has 20 heavy (non-hydrogen) atoms. The first-order chi connectivity index (χ1) is 9.35. The number of hydrogen-bond donors (Lipinski definition) is 3. The zero-order valence-corrected chi connectivity index (χ0v) is 11.8. The van der Waals surface area contributed by atoms with E-state index in [2.05, 4.69) is 5.32 Å². The Labute approximate surface area is 117 Å². The Kier molecular flexibility index (Phi) is 4.29. The highest BCUT2D eigenvalue weighted by Crippen LogP contribution is 2.13. The first-order valence-electron chi connectivity index (χ1n) is 6.40. The topological polar surface area (TPSA) is 109 Å². The third-order valence-corrected chi connectivity index (χ3v) is 5.08. The van der Waals surface area contributed by atoms with Crippen molar-refractivity contribution in [2.75, 3.05) is 11.5 Å². The lowest BCUT2D eigenvalue weighted by molar-refractivity contribution is -0.122. The number of aromatic hydroxyl groups is 1. The van der Waals surface area contributed by atoms with Crippen LogP contribution in [0, 0.1) is 0 Å². The molecule has 1 amide bonds. The van der Waals surface area contributed by atoms with Crippen LogP contribution < -0.4 is 11.1 Å². The second-order valence-corrected chi connectivity index (χ2v) is 7.31. The number of phenols is 1. The van der Waals surface area contributed by atoms with Crippen LogP contribution in [0.15, 0.2) is 24.3 Å². The molecule has 1 saturated heterocycles. The molecule has 1 aliphatic heterocycles. The van der Waals surface area contributed by atoms with E-state index in [0.29, 0.717) is 12.8 Å². The molecule has 1 aromatic rings. The fraction of sp³-hybridized carbons (Fsp3) is 0.462. The van der Waals surface area contributed by atoms with E-state index < -0.39 is 15.9 Å². The number of amides is 1. The van der Waals surface area contributed by atoms with Crippen LogP contribution in [0.25, 0.3) is 0 Å². The molecule has 1 fully saturated rings. The van der Waals surface area contributed by atoms with Crippen LogP contribution in [0.5, 0.6) is 5.75 Å². The van der Waals surface area contributed by atoms with Gasteiger partial charge in [0.25, 0.3) is 0 Å². The third kappa shape index (κ3) is 3.94. The quantitative estimate of drug-likeness (QED) is 0.698. The maximum absolute atomic E-state index is 11.9. The molecular weight excluding hydrogens is 280 g/mol. The molecule has 1 aliphatic rings. The summed E-state index contributed by atoms with van der Waals surface area (Å²) in [7, 11) is -3.01. The van der Waals surface area contributed by atoms with E-state index in [1.54, 1.807) is 12.1 Å². The van der Waals surface area contributed by atoms with Gasteiger partial charge in [-0.15, -0.1) is 0 Å². The zero-order valence-electron chi connectivity index (χ0n) is 11.0. The van der Waals surface area contributed by atoms with Gasteiger partial charge in [-0.1, -0.05) is 12.1 Å². The van der Waals surface area contributed by atoms with Gasteiger partial charge in [0.1, 0.15) is 5.75 Å². The summed E-state index contributed by atoms with van der Waals surface area (Å²) in [4.78, 5) is 11.9. The number of phenolic OH excluding ortho intramolecular Hbond substituents is 1. The molecule has 0 saturated carbocycles. The maximum atomic E-state index is 11.9. The third-order valence-electron chi connectivity index (χ3n) is 3.31. The molecule has 0 aromatic heterocycles. The van der Waals surface area contributed by atoms with E-state index in [-0.39, 0.29) is 29.2 Å². The number of nitrogens with one attached hydrogen (secondary N) is 1. The van der Waals surface area contributed by atoms with Crippen LogP contribution in [-0.2, 0) is 21.1 Å². The Morgan fingerprint density at radius 1 is 1.40 bits per heavy atom. The van der Waals surface area contributed by atoms with Crippen LogP contribution in [0.3, 0.4) is 0 Å². The number of sulfone groups is 1. The predicted octanol–water partition coefficient (Wildman–Crippen LogP) is -0.435. The summed E-state index contributed by atoms with van der Waals surface area (Å²) in [5.41, 5.74) is 6.65. The van der Waals surface area contributed by atoms with Gasteiger partial charge in [-0.2, -0.15) is 0 Å². The molecule has 1 aromatic carbocycles. The van der Waals surface area contributed by atoms with Crippen molar-refractivity contribution in [3.05, 3.63) is 29.8 Å². The number of rotatable bonds is 4. The van der Waals surface area contributed by atoms with Crippen LogP contribution in [-0.4, -0.2) is 43.0 Å². The molecule has 1 heterocycles. The highest BCUT2D eigenvalue weighted by atomic mass is 32.2. The van der Waals surface area contributed by atoms with E-state index in [4.69, 9.17) is 5.73 Å². The van der Waals surface area contributed by atoms with Gasteiger partial charge in [-0.05, 0) is 30.5 Å². The standard InChI is InChI=1S/C13H18N2O4S/c14-12(7-9-1-3-11(16)4-2-9)13(17)15-10-5-6-20(18,19)8-10/h1-4,10,12,16H,5-8,14H2,(H,15,17)/t10?,12-/m1/s1. The molecule has 7 heteroatoms. The van der Waals surface area contributed by atoms with Crippen LogP contribution >= 0.6 is 0 Å². The summed E-state index contributed by atoms with van der Waals surface area (Å²) in [5, 5.41) is 11.8. The van der Waals surface area contributed by atoms with Gasteiger partial charge in [0.05, 0.1) is 17.5 Å². The lowest BCUT2D eigenvalue weighted by Crippen LogP contribution is -2.46. The minimum atomic E-state index is -3.01. The van der Waals surface area contributed by atoms with E-state index in [1.165, 1.54) is 12.1 Å². The number of carbonyl (C=O) groups excluding carboxylic acids is 1. The first-order valence-corrected chi connectivity index (χ1v) is 8.22. The van der Waals surface area contributed by atoms with E-state index in [0.717, 1.165) is 5.56 Å². The van der Waals surface area contributed by atoms with Crippen molar-refractivity contribution >= 4 is 15.7 Å². The second-order valence-electron chi connectivity index (χ2n) is 5.09. The number of hydrogen-bond acceptors (Lipinski definition) is 5. The van der Waals surface area contributed by atoms with Crippen molar-refractivity contribution in [1.29, 1.82) is 0 Å². The van der Waals surface area contributed by atoms with E-state index in [9.17, 15) is 18.3 Å². The van der Waals surface area contributed by atoms with Gasteiger partial charge >= 0.3 is 0 Å². The van der Waals surface area contributed by atoms with Gasteiger partial charge in [0, 0.05) is 6.04 Å². The molecule has 0 bridgehead atoms. The van der Waals surface area contributed by atoms with Gasteiger partial charge < -0.3 is 16.2 Å². The maximum Gasteiger partial charge on any atom is 0.237 e. The molecule has 2 rings (SSSR count). The highest BCUT2D eigenvalue weighted by Gasteiger charge is 2.30. The lowest BCUT2D eigenvalue weighted by Gasteiger charge is -2.16. The Bertz CT molecular complexity index is 583. The van der Waals surface area contributed by atoms with Gasteiger partial charge in [-0.25, -0.2) is 8.42 Å². The van der Waals surface area contributed by atoms with Crippen molar-refractivity contribution in [2.24, 2.45) is 5.73 Å². The SMILES string of the molecule is N[C@H](Cc1ccc(O)cc1)C(=O)NC1CCS(=O)(=O)C1. The van der Waals surface area contributed by atoms with E-state index >= 15 is 0 Å².